The molecule has 3 nitrogen and oxygen atoms in total. The Kier molecular flexibility index (Phi) is 3.99. The lowest BCUT2D eigenvalue weighted by atomic mass is 10.1. The zero-order valence-corrected chi connectivity index (χ0v) is 11.4. The van der Waals surface area contributed by atoms with Gasteiger partial charge in [0.15, 0.2) is 0 Å². The van der Waals surface area contributed by atoms with Gasteiger partial charge in [0.2, 0.25) is 0 Å². The zero-order valence-electron chi connectivity index (χ0n) is 9.03. The quantitative estimate of drug-likeness (QED) is 0.856. The molecule has 90 valence electrons. The fraction of sp³-hybridized carbons (Fsp3) is 0.250. The first-order valence-electron chi connectivity index (χ1n) is 5.23. The minimum Gasteiger partial charge on any atom is -0.391 e. The second kappa shape index (κ2) is 5.31. The minimum absolute atomic E-state index is 0.217. The molecule has 1 atom stereocenters. The van der Waals surface area contributed by atoms with Crippen LogP contribution in [0.1, 0.15) is 5.56 Å². The van der Waals surface area contributed by atoms with Crippen molar-refractivity contribution in [1.29, 1.82) is 0 Å². The summed E-state index contributed by atoms with van der Waals surface area (Å²) in [5.74, 6) is 0. The first-order chi connectivity index (χ1) is 8.10. The van der Waals surface area contributed by atoms with Gasteiger partial charge >= 0.3 is 0 Å². The Bertz CT molecular complexity index is 547. The highest BCUT2D eigenvalue weighted by atomic mass is 79.9. The average molecular weight is 316 g/mol. The predicted molar refractivity (Wildman–Crippen MR) is 73.2 cm³/mol. The van der Waals surface area contributed by atoms with Crippen molar-refractivity contribution in [2.24, 2.45) is 5.73 Å². The molecule has 1 unspecified atom stereocenters. The molecule has 2 rings (SSSR count). The highest BCUT2D eigenvalue weighted by Crippen LogP contribution is 2.24. The van der Waals surface area contributed by atoms with Crippen LogP contribution in [0.5, 0.6) is 0 Å². The topological polar surface area (TPSA) is 59.1 Å². The number of hydrogen-bond acceptors (Lipinski definition) is 3. The van der Waals surface area contributed by atoms with Gasteiger partial charge in [0.05, 0.1) is 11.6 Å². The number of rotatable bonds is 3. The molecule has 1 aromatic heterocycles. The number of aliphatic hydroxyl groups is 1. The summed E-state index contributed by atoms with van der Waals surface area (Å²) in [6, 6.07) is 7.75. The molecule has 0 spiro atoms. The number of halogens is 2. The molecule has 0 amide bonds. The van der Waals surface area contributed by atoms with Gasteiger partial charge in [-0.1, -0.05) is 33.6 Å². The monoisotopic (exact) mass is 314 g/mol. The normalized spacial score (nSPS) is 12.9. The van der Waals surface area contributed by atoms with E-state index in [4.69, 9.17) is 17.3 Å². The van der Waals surface area contributed by atoms with Crippen LogP contribution in [0.25, 0.3) is 10.9 Å². The van der Waals surface area contributed by atoms with Crippen molar-refractivity contribution in [2.45, 2.75) is 12.5 Å². The van der Waals surface area contributed by atoms with Crippen LogP contribution in [0.3, 0.4) is 0 Å². The minimum atomic E-state index is -0.581. The van der Waals surface area contributed by atoms with E-state index in [2.05, 4.69) is 20.9 Å². The molecule has 2 aromatic rings. The number of hydrogen-bond donors (Lipinski definition) is 2. The van der Waals surface area contributed by atoms with Gasteiger partial charge in [0.1, 0.15) is 5.15 Å². The van der Waals surface area contributed by atoms with Crippen molar-refractivity contribution in [1.82, 2.24) is 4.98 Å². The SMILES string of the molecule is NCC(O)Cc1cc2ccc(Br)cc2nc1Cl. The Hall–Kier alpha value is -0.680. The lowest BCUT2D eigenvalue weighted by Crippen LogP contribution is -2.22. The van der Waals surface area contributed by atoms with Crippen molar-refractivity contribution < 1.29 is 5.11 Å². The second-order valence-electron chi connectivity index (χ2n) is 3.87. The van der Waals surface area contributed by atoms with E-state index in [1.54, 1.807) is 0 Å². The smallest absolute Gasteiger partial charge is 0.133 e. The van der Waals surface area contributed by atoms with Gasteiger partial charge in [-0.25, -0.2) is 4.98 Å². The summed E-state index contributed by atoms with van der Waals surface area (Å²) < 4.78 is 0.961. The molecule has 0 aliphatic heterocycles. The number of aliphatic hydroxyl groups excluding tert-OH is 1. The molecule has 0 fully saturated rings. The Balaban J connectivity index is 2.44. The van der Waals surface area contributed by atoms with E-state index in [0.29, 0.717) is 11.6 Å². The Morgan fingerprint density at radius 3 is 2.88 bits per heavy atom. The van der Waals surface area contributed by atoms with Gasteiger partial charge in [-0.15, -0.1) is 0 Å². The highest BCUT2D eigenvalue weighted by molar-refractivity contribution is 9.10. The molecular formula is C12H12BrClN2O. The average Bonchev–Trinajstić information content (AvgIpc) is 2.30. The van der Waals surface area contributed by atoms with Crippen LogP contribution in [-0.4, -0.2) is 22.7 Å². The third-order valence-electron chi connectivity index (χ3n) is 2.53. The van der Waals surface area contributed by atoms with E-state index in [0.717, 1.165) is 20.9 Å². The van der Waals surface area contributed by atoms with Gasteiger partial charge in [0, 0.05) is 22.8 Å². The molecule has 0 bridgehead atoms. The molecular weight excluding hydrogens is 304 g/mol. The van der Waals surface area contributed by atoms with Crippen LogP contribution in [0.15, 0.2) is 28.7 Å². The Labute approximate surface area is 113 Å². The van der Waals surface area contributed by atoms with E-state index in [1.807, 2.05) is 24.3 Å². The van der Waals surface area contributed by atoms with Crippen LogP contribution < -0.4 is 5.73 Å². The van der Waals surface area contributed by atoms with Crippen molar-refractivity contribution in [3.8, 4) is 0 Å². The predicted octanol–water partition coefficient (Wildman–Crippen LogP) is 2.51. The molecule has 0 saturated carbocycles. The van der Waals surface area contributed by atoms with E-state index >= 15 is 0 Å². The summed E-state index contributed by atoms with van der Waals surface area (Å²) >= 11 is 9.47. The Morgan fingerprint density at radius 2 is 2.18 bits per heavy atom. The van der Waals surface area contributed by atoms with Gasteiger partial charge < -0.3 is 10.8 Å². The molecule has 1 aromatic carbocycles. The largest absolute Gasteiger partial charge is 0.391 e. The lowest BCUT2D eigenvalue weighted by molar-refractivity contribution is 0.183. The lowest BCUT2D eigenvalue weighted by Gasteiger charge is -2.10. The number of benzene rings is 1. The maximum absolute atomic E-state index is 9.53. The summed E-state index contributed by atoms with van der Waals surface area (Å²) in [5, 5.41) is 10.9. The highest BCUT2D eigenvalue weighted by Gasteiger charge is 2.09. The van der Waals surface area contributed by atoms with Crippen molar-refractivity contribution in [3.63, 3.8) is 0 Å². The molecule has 0 saturated heterocycles. The van der Waals surface area contributed by atoms with Crippen LogP contribution in [0, 0.1) is 0 Å². The van der Waals surface area contributed by atoms with Gasteiger partial charge in [-0.3, -0.25) is 0 Å². The second-order valence-corrected chi connectivity index (χ2v) is 5.14. The first kappa shape index (κ1) is 12.8. The molecule has 5 heteroatoms. The number of fused-ring (bicyclic) bond motifs is 1. The molecule has 17 heavy (non-hydrogen) atoms. The van der Waals surface area contributed by atoms with Crippen molar-refractivity contribution in [2.75, 3.05) is 6.54 Å². The van der Waals surface area contributed by atoms with Gasteiger partial charge in [0.25, 0.3) is 0 Å². The number of nitrogens with zero attached hydrogens (tertiary/aromatic N) is 1. The van der Waals surface area contributed by atoms with Crippen molar-refractivity contribution in [3.05, 3.63) is 39.5 Å². The first-order valence-corrected chi connectivity index (χ1v) is 6.40. The number of aromatic nitrogens is 1. The summed E-state index contributed by atoms with van der Waals surface area (Å²) in [5.41, 5.74) is 7.03. The Morgan fingerprint density at radius 1 is 1.41 bits per heavy atom. The van der Waals surface area contributed by atoms with E-state index in [1.165, 1.54) is 0 Å². The maximum atomic E-state index is 9.53. The molecule has 3 N–H and O–H groups in total. The maximum Gasteiger partial charge on any atom is 0.133 e. The van der Waals surface area contributed by atoms with E-state index in [-0.39, 0.29) is 6.54 Å². The standard InChI is InChI=1S/C12H12BrClN2O/c13-9-2-1-7-3-8(4-10(17)6-15)12(14)16-11(7)5-9/h1-3,5,10,17H,4,6,15H2. The van der Waals surface area contributed by atoms with Gasteiger partial charge in [-0.05, 0) is 23.8 Å². The van der Waals surface area contributed by atoms with Gasteiger partial charge in [-0.2, -0.15) is 0 Å². The summed E-state index contributed by atoms with van der Waals surface area (Å²) in [6.07, 6.45) is -0.156. The van der Waals surface area contributed by atoms with E-state index < -0.39 is 6.10 Å². The fourth-order valence-electron chi connectivity index (χ4n) is 1.64. The van der Waals surface area contributed by atoms with E-state index in [9.17, 15) is 5.11 Å². The summed E-state index contributed by atoms with van der Waals surface area (Å²) in [7, 11) is 0. The van der Waals surface area contributed by atoms with Crippen LogP contribution in [0.2, 0.25) is 5.15 Å². The number of pyridine rings is 1. The summed E-state index contributed by atoms with van der Waals surface area (Å²) in [4.78, 5) is 4.31. The van der Waals surface area contributed by atoms with Crippen LogP contribution in [0.4, 0.5) is 0 Å². The van der Waals surface area contributed by atoms with Crippen LogP contribution in [-0.2, 0) is 6.42 Å². The molecule has 1 heterocycles. The van der Waals surface area contributed by atoms with Crippen molar-refractivity contribution >= 4 is 38.4 Å². The third-order valence-corrected chi connectivity index (χ3v) is 3.35. The van der Waals surface area contributed by atoms with Crippen LogP contribution >= 0.6 is 27.5 Å². The zero-order chi connectivity index (χ0) is 12.4. The molecule has 0 aliphatic carbocycles. The molecule has 0 radical (unpaired) electrons. The summed E-state index contributed by atoms with van der Waals surface area (Å²) in [6.45, 7) is 0.217. The molecule has 0 aliphatic rings. The third kappa shape index (κ3) is 2.96. The number of nitrogens with two attached hydrogens (primary N) is 1. The fourth-order valence-corrected chi connectivity index (χ4v) is 2.21.